The molecule has 1 aliphatic carbocycles. The summed E-state index contributed by atoms with van der Waals surface area (Å²) in [6.45, 7) is 2.65. The van der Waals surface area contributed by atoms with Gasteiger partial charge in [-0.25, -0.2) is 15.6 Å². The maximum absolute atomic E-state index is 13.6. The molecule has 15 heteroatoms. The molecule has 1 heterocycles. The molecular weight excluding hydrogens is 604 g/mol. The molecule has 0 atom stereocenters. The summed E-state index contributed by atoms with van der Waals surface area (Å²) in [4.78, 5) is 18.5. The molecule has 1 aliphatic rings. The number of anilines is 1. The van der Waals surface area contributed by atoms with Gasteiger partial charge >= 0.3 is 24.3 Å². The quantitative estimate of drug-likeness (QED) is 0.0586. The summed E-state index contributed by atoms with van der Waals surface area (Å²) in [5.74, 6) is 5.39. The lowest BCUT2D eigenvalue weighted by atomic mass is 10.0. The van der Waals surface area contributed by atoms with Crippen molar-refractivity contribution in [2.75, 3.05) is 25.0 Å². The molecule has 45 heavy (non-hydrogen) atoms. The van der Waals surface area contributed by atoms with Crippen molar-refractivity contribution in [3.8, 4) is 0 Å². The molecule has 0 amide bonds. The lowest BCUT2D eigenvalue weighted by molar-refractivity contribution is -0.563. The van der Waals surface area contributed by atoms with E-state index in [-0.39, 0.29) is 29.7 Å². The van der Waals surface area contributed by atoms with Crippen molar-refractivity contribution >= 4 is 28.6 Å². The molecule has 0 radical (unpaired) electrons. The first-order chi connectivity index (χ1) is 21.0. The summed E-state index contributed by atoms with van der Waals surface area (Å²) in [7, 11) is 1.42. The van der Waals surface area contributed by atoms with E-state index in [9.17, 15) is 36.2 Å². The molecule has 1 fully saturated rings. The van der Waals surface area contributed by atoms with Gasteiger partial charge in [0.15, 0.2) is 0 Å². The van der Waals surface area contributed by atoms with Crippen LogP contribution >= 0.6 is 0 Å². The largest absolute Gasteiger partial charge is 0.478 e. The van der Waals surface area contributed by atoms with Crippen LogP contribution in [0.5, 0.6) is 0 Å². The van der Waals surface area contributed by atoms with Crippen molar-refractivity contribution in [2.45, 2.75) is 58.0 Å². The van der Waals surface area contributed by atoms with Crippen molar-refractivity contribution in [1.82, 2.24) is 15.5 Å². The Labute approximate surface area is 256 Å². The zero-order chi connectivity index (χ0) is 33.1. The number of fused-ring (bicyclic) bond motifs is 1. The number of alkyl halides is 6. The van der Waals surface area contributed by atoms with Gasteiger partial charge in [0.25, 0.3) is 0 Å². The number of nitrogens with zero attached hydrogens (tertiary/aromatic N) is 4. The summed E-state index contributed by atoms with van der Waals surface area (Å²) in [5, 5.41) is 11.1. The lowest BCUT2D eigenvalue weighted by Crippen LogP contribution is -2.51. The predicted molar refractivity (Wildman–Crippen MR) is 157 cm³/mol. The van der Waals surface area contributed by atoms with Crippen molar-refractivity contribution in [3.05, 3.63) is 70.3 Å². The number of carboxylic acid groups (broad SMARTS) is 1. The fourth-order valence-corrected chi connectivity index (χ4v) is 5.61. The Morgan fingerprint density at radius 3 is 2.18 bits per heavy atom. The second kappa shape index (κ2) is 13.5. The predicted octanol–water partition coefficient (Wildman–Crippen LogP) is 5.32. The van der Waals surface area contributed by atoms with E-state index in [0.29, 0.717) is 53.4 Å². The van der Waals surface area contributed by atoms with Gasteiger partial charge in [-0.2, -0.15) is 31.8 Å². The molecule has 0 bridgehead atoms. The van der Waals surface area contributed by atoms with Crippen LogP contribution in [0.4, 0.5) is 32.2 Å². The van der Waals surface area contributed by atoms with Crippen LogP contribution < -0.4 is 21.9 Å². The smallest absolute Gasteiger partial charge is 0.416 e. The Morgan fingerprint density at radius 1 is 1.02 bits per heavy atom. The van der Waals surface area contributed by atoms with Gasteiger partial charge < -0.3 is 10.0 Å². The number of nitrogens with two attached hydrogens (primary N) is 2. The molecule has 4 rings (SSSR count). The average Bonchev–Trinajstić information content (AvgIpc) is 3.47. The molecule has 0 aliphatic heterocycles. The number of guanidine groups is 1. The fraction of sp³-hybridized carbons (Fsp3) is 0.433. The zero-order valence-corrected chi connectivity index (χ0v) is 24.8. The third kappa shape index (κ3) is 8.54. The van der Waals surface area contributed by atoms with E-state index in [0.717, 1.165) is 30.8 Å². The number of carboxylic acids is 1. The first kappa shape index (κ1) is 33.8. The highest BCUT2D eigenvalue weighted by molar-refractivity contribution is 5.93. The normalized spacial score (nSPS) is 15.1. The third-order valence-corrected chi connectivity index (χ3v) is 7.77. The minimum atomic E-state index is -5.02. The number of hydrogen-bond acceptors (Lipinski definition) is 5. The summed E-state index contributed by atoms with van der Waals surface area (Å²) in [6.07, 6.45) is -5.73. The van der Waals surface area contributed by atoms with Crippen LogP contribution in [0.25, 0.3) is 10.9 Å². The highest BCUT2D eigenvalue weighted by Crippen LogP contribution is 2.37. The lowest BCUT2D eigenvalue weighted by Gasteiger charge is -2.28. The van der Waals surface area contributed by atoms with Gasteiger partial charge in [0.2, 0.25) is 0 Å². The van der Waals surface area contributed by atoms with Gasteiger partial charge in [-0.1, -0.05) is 18.9 Å². The van der Waals surface area contributed by atoms with E-state index in [2.05, 4.69) is 10.3 Å². The van der Waals surface area contributed by atoms with Crippen molar-refractivity contribution < 1.29 is 40.8 Å². The van der Waals surface area contributed by atoms with Crippen LogP contribution in [0, 0.1) is 5.92 Å². The Bertz CT molecular complexity index is 1530. The number of aromatic nitrogens is 1. The molecule has 1 aromatic heterocycles. The number of benzene rings is 2. The summed E-state index contributed by atoms with van der Waals surface area (Å²) < 4.78 is 83.1. The molecule has 0 unspecified atom stereocenters. The van der Waals surface area contributed by atoms with Crippen LogP contribution in [-0.2, 0) is 25.4 Å². The number of hydrogen-bond donors (Lipinski definition) is 4. The van der Waals surface area contributed by atoms with E-state index >= 15 is 0 Å². The first-order valence-electron chi connectivity index (χ1n) is 14.4. The maximum atomic E-state index is 13.6. The minimum Gasteiger partial charge on any atom is -0.478 e. The van der Waals surface area contributed by atoms with Crippen LogP contribution in [0.2, 0.25) is 0 Å². The van der Waals surface area contributed by atoms with Gasteiger partial charge in [0, 0.05) is 31.1 Å². The second-order valence-corrected chi connectivity index (χ2v) is 11.3. The number of nitrogens with one attached hydrogen (secondary N) is 1. The first-order valence-corrected chi connectivity index (χ1v) is 14.4. The molecular formula is C30H36F6N7O2+. The fourth-order valence-electron chi connectivity index (χ4n) is 5.61. The summed E-state index contributed by atoms with van der Waals surface area (Å²) >= 11 is 0. The molecule has 244 valence electrons. The molecule has 0 spiro atoms. The number of hydrazine groups is 2. The van der Waals surface area contributed by atoms with Crippen LogP contribution in [0.3, 0.4) is 0 Å². The topological polar surface area (TPSA) is 124 Å². The molecule has 6 N–H and O–H groups in total. The number of carbonyl (C=O) groups is 1. The molecule has 3 aromatic rings. The second-order valence-electron chi connectivity index (χ2n) is 11.3. The van der Waals surface area contributed by atoms with E-state index in [1.54, 1.807) is 12.1 Å². The highest BCUT2D eigenvalue weighted by atomic mass is 19.4. The molecule has 1 saturated carbocycles. The molecule has 2 aromatic carbocycles. The van der Waals surface area contributed by atoms with Gasteiger partial charge in [-0.15, -0.1) is 5.12 Å². The van der Waals surface area contributed by atoms with Gasteiger partial charge in [0.05, 0.1) is 35.3 Å². The number of rotatable bonds is 10. The van der Waals surface area contributed by atoms with E-state index in [4.69, 9.17) is 16.6 Å². The van der Waals surface area contributed by atoms with Gasteiger partial charge in [-0.05, 0) is 67.6 Å². The monoisotopic (exact) mass is 640 g/mol. The summed E-state index contributed by atoms with van der Waals surface area (Å²) in [5.41, 5.74) is 6.82. The number of pyridine rings is 1. The van der Waals surface area contributed by atoms with Crippen LogP contribution in [0.1, 0.15) is 65.2 Å². The Hall–Kier alpha value is -4.11. The van der Waals surface area contributed by atoms with E-state index in [1.165, 1.54) is 23.8 Å². The number of aromatic carboxylic acids is 1. The van der Waals surface area contributed by atoms with E-state index in [1.807, 2.05) is 6.92 Å². The average molecular weight is 641 g/mol. The highest BCUT2D eigenvalue weighted by Gasteiger charge is 2.37. The van der Waals surface area contributed by atoms with Crippen LogP contribution in [0.15, 0.2) is 42.5 Å². The SMILES string of the molecule is CCN(CC1CCCC1)c1nc2cc(C(=O)O)ccc2cc1C[N+](Cc1cc(C(F)(F)F)cc(C(F)(F)F)c1)=C(N)NN(C)N. The van der Waals surface area contributed by atoms with Crippen molar-refractivity contribution in [1.29, 1.82) is 0 Å². The minimum absolute atomic E-state index is 0.0481. The Balaban J connectivity index is 1.85. The standard InChI is InChI=1S/C30H35F6N7O2/c1-3-42(15-18-6-4-5-7-18)26-22(12-20-8-9-21(27(44)45)13-25(20)39-26)17-43(28(37)40-41(2)38)16-19-10-23(29(31,32)33)14-24(11-19)30(34,35)36/h8-14,18H,3-7,15-17,38H2,1-2H3,(H3,37,40,44,45)/p+1. The van der Waals surface area contributed by atoms with Crippen molar-refractivity contribution in [2.24, 2.45) is 17.5 Å². The Morgan fingerprint density at radius 2 is 1.64 bits per heavy atom. The third-order valence-electron chi connectivity index (χ3n) is 7.77. The number of halogens is 6. The maximum Gasteiger partial charge on any atom is 0.416 e. The van der Waals surface area contributed by atoms with E-state index < -0.39 is 36.0 Å². The Kier molecular flexibility index (Phi) is 10.1. The zero-order valence-electron chi connectivity index (χ0n) is 24.8. The molecule has 9 nitrogen and oxygen atoms in total. The van der Waals surface area contributed by atoms with Gasteiger partial charge in [-0.3, -0.25) is 10.3 Å². The van der Waals surface area contributed by atoms with Gasteiger partial charge in [0.1, 0.15) is 5.82 Å². The molecule has 0 saturated heterocycles. The summed E-state index contributed by atoms with van der Waals surface area (Å²) in [6, 6.07) is 7.65. The van der Waals surface area contributed by atoms with Crippen LogP contribution in [-0.4, -0.2) is 51.8 Å². The van der Waals surface area contributed by atoms with Crippen molar-refractivity contribution in [3.63, 3.8) is 0 Å².